The number of anilines is 1. The van der Waals surface area contributed by atoms with Crippen LogP contribution >= 0.6 is 0 Å². The Hall–Kier alpha value is -2.59. The summed E-state index contributed by atoms with van der Waals surface area (Å²) in [6.45, 7) is 3.28. The molecule has 10 heteroatoms. The Morgan fingerprint density at radius 3 is 2.78 bits per heavy atom. The van der Waals surface area contributed by atoms with Crippen LogP contribution in [0.1, 0.15) is 36.2 Å². The molecule has 146 valence electrons. The summed E-state index contributed by atoms with van der Waals surface area (Å²) < 4.78 is 39.9. The van der Waals surface area contributed by atoms with Crippen LogP contribution in [-0.4, -0.2) is 49.1 Å². The van der Waals surface area contributed by atoms with Gasteiger partial charge in [-0.05, 0) is 38.0 Å². The van der Waals surface area contributed by atoms with Crippen molar-refractivity contribution in [2.75, 3.05) is 24.5 Å². The summed E-state index contributed by atoms with van der Waals surface area (Å²) >= 11 is 0. The number of aromatic carboxylic acids is 1. The summed E-state index contributed by atoms with van der Waals surface area (Å²) in [6.07, 6.45) is 3.35. The highest BCUT2D eigenvalue weighted by Gasteiger charge is 2.22. The molecule has 0 unspecified atom stereocenters. The van der Waals surface area contributed by atoms with Crippen LogP contribution in [-0.2, 0) is 14.8 Å². The normalized spacial score (nSPS) is 15.4. The molecule has 1 saturated heterocycles. The molecule has 9 nitrogen and oxygen atoms in total. The Morgan fingerprint density at radius 2 is 2.11 bits per heavy atom. The van der Waals surface area contributed by atoms with Gasteiger partial charge in [-0.25, -0.2) is 13.2 Å². The second-order valence-electron chi connectivity index (χ2n) is 6.03. The molecule has 2 aromatic rings. The number of carboxylic acids is 1. The van der Waals surface area contributed by atoms with E-state index in [0.717, 1.165) is 18.9 Å². The summed E-state index contributed by atoms with van der Waals surface area (Å²) in [5.41, 5.74) is -0.215. The fourth-order valence-electron chi connectivity index (χ4n) is 2.87. The van der Waals surface area contributed by atoms with E-state index >= 15 is 0 Å². The molecule has 1 aromatic carbocycles. The maximum atomic E-state index is 12.6. The topological polar surface area (TPSA) is 120 Å². The molecule has 0 spiro atoms. The first-order valence-corrected chi connectivity index (χ1v) is 10.0. The highest BCUT2D eigenvalue weighted by molar-refractivity contribution is 7.92. The van der Waals surface area contributed by atoms with E-state index < -0.39 is 16.0 Å². The first-order chi connectivity index (χ1) is 12.9. The minimum absolute atomic E-state index is 0.118. The predicted molar refractivity (Wildman–Crippen MR) is 96.7 cm³/mol. The van der Waals surface area contributed by atoms with Gasteiger partial charge in [0.15, 0.2) is 5.82 Å². The second-order valence-corrected chi connectivity index (χ2v) is 7.71. The van der Waals surface area contributed by atoms with Crippen molar-refractivity contribution < 1.29 is 27.8 Å². The summed E-state index contributed by atoms with van der Waals surface area (Å²) in [7, 11) is -3.99. The third kappa shape index (κ3) is 4.40. The van der Waals surface area contributed by atoms with Gasteiger partial charge in [-0.15, -0.1) is 0 Å². The van der Waals surface area contributed by atoms with Gasteiger partial charge in [0.1, 0.15) is 11.3 Å². The lowest BCUT2D eigenvalue weighted by Gasteiger charge is -2.22. The number of carbonyl (C=O) groups is 1. The highest BCUT2D eigenvalue weighted by atomic mass is 32.2. The van der Waals surface area contributed by atoms with Crippen molar-refractivity contribution in [1.82, 2.24) is 9.78 Å². The van der Waals surface area contributed by atoms with Gasteiger partial charge in [0, 0.05) is 25.5 Å². The van der Waals surface area contributed by atoms with Crippen molar-refractivity contribution in [2.24, 2.45) is 0 Å². The van der Waals surface area contributed by atoms with E-state index in [0.29, 0.717) is 13.2 Å². The van der Waals surface area contributed by atoms with Crippen LogP contribution in [0, 0.1) is 0 Å². The number of benzene rings is 1. The number of nitrogens with zero attached hydrogens (tertiary/aromatic N) is 2. The van der Waals surface area contributed by atoms with E-state index in [1.165, 1.54) is 12.1 Å². The van der Waals surface area contributed by atoms with Crippen molar-refractivity contribution in [1.29, 1.82) is 0 Å². The van der Waals surface area contributed by atoms with Crippen LogP contribution in [0.2, 0.25) is 0 Å². The summed E-state index contributed by atoms with van der Waals surface area (Å²) in [5.74, 6) is -0.973. The molecule has 0 aliphatic carbocycles. The third-order valence-electron chi connectivity index (χ3n) is 4.20. The van der Waals surface area contributed by atoms with Gasteiger partial charge in [-0.1, -0.05) is 0 Å². The fourth-order valence-corrected chi connectivity index (χ4v) is 3.89. The van der Waals surface area contributed by atoms with Crippen molar-refractivity contribution in [3.8, 4) is 5.75 Å². The minimum Gasteiger partial charge on any atom is -0.493 e. The molecule has 1 aromatic heterocycles. The third-order valence-corrected chi connectivity index (χ3v) is 5.56. The molecule has 1 aliphatic rings. The molecular weight excluding hydrogens is 374 g/mol. The number of ether oxygens (including phenoxy) is 2. The highest BCUT2D eigenvalue weighted by Crippen LogP contribution is 2.25. The van der Waals surface area contributed by atoms with E-state index in [4.69, 9.17) is 9.47 Å². The first kappa shape index (κ1) is 19.2. The molecule has 0 atom stereocenters. The fraction of sp³-hybridized carbons (Fsp3) is 0.412. The van der Waals surface area contributed by atoms with Crippen molar-refractivity contribution >= 4 is 21.8 Å². The number of hydrogen-bond acceptors (Lipinski definition) is 6. The van der Waals surface area contributed by atoms with Gasteiger partial charge in [-0.2, -0.15) is 5.10 Å². The van der Waals surface area contributed by atoms with E-state index in [-0.39, 0.29) is 34.7 Å². The maximum absolute atomic E-state index is 12.6. The smallest absolute Gasteiger partial charge is 0.339 e. The van der Waals surface area contributed by atoms with Gasteiger partial charge in [-0.3, -0.25) is 9.40 Å². The molecule has 1 aliphatic heterocycles. The first-order valence-electron chi connectivity index (χ1n) is 8.56. The summed E-state index contributed by atoms with van der Waals surface area (Å²) in [5, 5.41) is 13.6. The average Bonchev–Trinajstić information content (AvgIpc) is 3.10. The molecule has 2 heterocycles. The van der Waals surface area contributed by atoms with Crippen LogP contribution < -0.4 is 9.46 Å². The van der Waals surface area contributed by atoms with Crippen LogP contribution in [0.15, 0.2) is 35.4 Å². The largest absolute Gasteiger partial charge is 0.493 e. The molecule has 0 radical (unpaired) electrons. The lowest BCUT2D eigenvalue weighted by molar-refractivity contribution is 0.0663. The van der Waals surface area contributed by atoms with Crippen molar-refractivity contribution in [3.05, 3.63) is 36.0 Å². The number of carboxylic acid groups (broad SMARTS) is 1. The number of sulfonamides is 1. The Bertz CT molecular complexity index is 919. The molecular formula is C17H21N3O6S. The van der Waals surface area contributed by atoms with E-state index in [2.05, 4.69) is 9.82 Å². The standard InChI is InChI=1S/C17H21N3O6S/c1-2-26-15-4-3-13(11-14(15)17(21)22)27(23,24)19-16-5-8-20(18-16)12-6-9-25-10-7-12/h3-5,8,11-12H,2,6-7,9-10H2,1H3,(H,18,19)(H,21,22). The van der Waals surface area contributed by atoms with Crippen molar-refractivity contribution in [3.63, 3.8) is 0 Å². The van der Waals surface area contributed by atoms with Crippen molar-refractivity contribution in [2.45, 2.75) is 30.7 Å². The van der Waals surface area contributed by atoms with Crippen LogP contribution in [0.3, 0.4) is 0 Å². The lowest BCUT2D eigenvalue weighted by Crippen LogP contribution is -2.20. The Balaban J connectivity index is 1.81. The van der Waals surface area contributed by atoms with Gasteiger partial charge in [0.05, 0.1) is 17.5 Å². The zero-order valence-electron chi connectivity index (χ0n) is 14.8. The lowest BCUT2D eigenvalue weighted by atomic mass is 10.1. The molecule has 2 N–H and O–H groups in total. The van der Waals surface area contributed by atoms with Gasteiger partial charge >= 0.3 is 5.97 Å². The van der Waals surface area contributed by atoms with Gasteiger partial charge in [0.2, 0.25) is 0 Å². The number of aromatic nitrogens is 2. The van der Waals surface area contributed by atoms with E-state index in [9.17, 15) is 18.3 Å². The van der Waals surface area contributed by atoms with Gasteiger partial charge in [0.25, 0.3) is 10.0 Å². The number of nitrogens with one attached hydrogen (secondary N) is 1. The van der Waals surface area contributed by atoms with E-state index in [1.807, 2.05) is 0 Å². The zero-order chi connectivity index (χ0) is 19.4. The Morgan fingerprint density at radius 1 is 1.37 bits per heavy atom. The molecule has 0 amide bonds. The Kier molecular flexibility index (Phi) is 5.66. The molecule has 0 saturated carbocycles. The maximum Gasteiger partial charge on any atom is 0.339 e. The predicted octanol–water partition coefficient (Wildman–Crippen LogP) is 2.13. The molecule has 3 rings (SSSR count). The number of hydrogen-bond donors (Lipinski definition) is 2. The summed E-state index contributed by atoms with van der Waals surface area (Å²) in [6, 6.07) is 5.45. The zero-order valence-corrected chi connectivity index (χ0v) is 15.6. The number of rotatable bonds is 7. The molecule has 0 bridgehead atoms. The monoisotopic (exact) mass is 395 g/mol. The molecule has 27 heavy (non-hydrogen) atoms. The Labute approximate surface area is 157 Å². The quantitative estimate of drug-likeness (QED) is 0.737. The van der Waals surface area contributed by atoms with Gasteiger partial charge < -0.3 is 14.6 Å². The molecule has 1 fully saturated rings. The van der Waals surface area contributed by atoms with Crippen LogP contribution in [0.4, 0.5) is 5.82 Å². The average molecular weight is 395 g/mol. The second kappa shape index (κ2) is 7.97. The van der Waals surface area contributed by atoms with E-state index in [1.54, 1.807) is 23.9 Å². The van der Waals surface area contributed by atoms with Crippen LogP contribution in [0.25, 0.3) is 0 Å². The SMILES string of the molecule is CCOc1ccc(S(=O)(=O)Nc2ccn(C3CCOCC3)n2)cc1C(=O)O. The van der Waals surface area contributed by atoms with Crippen LogP contribution in [0.5, 0.6) is 5.75 Å². The summed E-state index contributed by atoms with van der Waals surface area (Å²) in [4.78, 5) is 11.2. The minimum atomic E-state index is -3.99.